The van der Waals surface area contributed by atoms with Crippen molar-refractivity contribution < 1.29 is 21.6 Å². The van der Waals surface area contributed by atoms with Crippen LogP contribution in [0.5, 0.6) is 0 Å². The Labute approximate surface area is 148 Å². The molecule has 2 heterocycles. The Kier molecular flexibility index (Phi) is 4.67. The van der Waals surface area contributed by atoms with Crippen molar-refractivity contribution in [2.45, 2.75) is 31.8 Å². The maximum Gasteiger partial charge on any atom is 0.242 e. The highest BCUT2D eigenvalue weighted by Crippen LogP contribution is 2.32. The number of nitrogens with zero attached hydrogens (tertiary/aromatic N) is 2. The summed E-state index contributed by atoms with van der Waals surface area (Å²) in [6.07, 6.45) is 1.97. The van der Waals surface area contributed by atoms with Crippen molar-refractivity contribution in [3.05, 3.63) is 29.8 Å². The summed E-state index contributed by atoms with van der Waals surface area (Å²) in [7, 11) is -6.94. The fourth-order valence-electron chi connectivity index (χ4n) is 3.67. The summed E-state index contributed by atoms with van der Waals surface area (Å²) in [5.74, 6) is -0.590. The number of carbonyl (C=O) groups excluding carboxylic acids is 1. The summed E-state index contributed by atoms with van der Waals surface area (Å²) in [5.41, 5.74) is 1.85. The summed E-state index contributed by atoms with van der Waals surface area (Å²) in [4.78, 5) is 14.5. The van der Waals surface area contributed by atoms with E-state index in [9.17, 15) is 21.6 Å². The topological polar surface area (TPSA) is 91.8 Å². The van der Waals surface area contributed by atoms with Crippen molar-refractivity contribution >= 4 is 31.5 Å². The van der Waals surface area contributed by atoms with Gasteiger partial charge < -0.3 is 4.90 Å². The third-order valence-corrected chi connectivity index (χ3v) is 7.84. The number of hydrogen-bond acceptors (Lipinski definition) is 5. The molecule has 2 aliphatic heterocycles. The molecular formula is C16H22N2O5S2. The minimum Gasteiger partial charge on any atom is -0.308 e. The lowest BCUT2D eigenvalue weighted by Gasteiger charge is -2.29. The molecule has 1 amide bonds. The fourth-order valence-corrected chi connectivity index (χ4v) is 6.57. The van der Waals surface area contributed by atoms with Gasteiger partial charge in [0, 0.05) is 17.8 Å². The number of sulfonamides is 1. The third kappa shape index (κ3) is 3.73. The van der Waals surface area contributed by atoms with Gasteiger partial charge in [0.2, 0.25) is 15.9 Å². The van der Waals surface area contributed by atoms with Gasteiger partial charge in [-0.2, -0.15) is 4.31 Å². The predicted molar refractivity (Wildman–Crippen MR) is 95.7 cm³/mol. The molecule has 2 unspecified atom stereocenters. The van der Waals surface area contributed by atoms with E-state index in [1.165, 1.54) is 0 Å². The van der Waals surface area contributed by atoms with Crippen molar-refractivity contribution in [2.24, 2.45) is 0 Å². The van der Waals surface area contributed by atoms with Gasteiger partial charge in [-0.05, 0) is 31.4 Å². The van der Waals surface area contributed by atoms with Crippen LogP contribution in [0.2, 0.25) is 0 Å². The number of rotatable bonds is 4. The van der Waals surface area contributed by atoms with Crippen molar-refractivity contribution in [2.75, 3.05) is 29.2 Å². The lowest BCUT2D eigenvalue weighted by molar-refractivity contribution is -0.119. The van der Waals surface area contributed by atoms with Crippen LogP contribution in [0.3, 0.4) is 0 Å². The van der Waals surface area contributed by atoms with Gasteiger partial charge in [-0.15, -0.1) is 0 Å². The second-order valence-corrected chi connectivity index (χ2v) is 11.0. The normalized spacial score (nSPS) is 25.3. The standard InChI is InChI=1S/C16H22N2O5S2/c1-12-9-13-5-3-4-6-15(13)18(12)16(19)10-17(24(2,20)21)14-7-8-25(22,23)11-14/h3-6,12,14H,7-11H2,1-2H3. The van der Waals surface area contributed by atoms with Crippen LogP contribution >= 0.6 is 0 Å². The number of anilines is 1. The summed E-state index contributed by atoms with van der Waals surface area (Å²) in [6.45, 7) is 1.58. The molecule has 0 bridgehead atoms. The lowest BCUT2D eigenvalue weighted by atomic mass is 10.1. The van der Waals surface area contributed by atoms with Crippen molar-refractivity contribution in [1.82, 2.24) is 4.31 Å². The van der Waals surface area contributed by atoms with E-state index in [0.29, 0.717) is 0 Å². The smallest absolute Gasteiger partial charge is 0.242 e. The van der Waals surface area contributed by atoms with E-state index in [-0.39, 0.29) is 36.4 Å². The maximum atomic E-state index is 12.9. The number of amides is 1. The molecule has 2 aliphatic rings. The van der Waals surface area contributed by atoms with Gasteiger partial charge in [0.25, 0.3) is 0 Å². The Hall–Kier alpha value is -1.45. The molecule has 1 aromatic carbocycles. The van der Waals surface area contributed by atoms with Crippen LogP contribution in [0.25, 0.3) is 0 Å². The van der Waals surface area contributed by atoms with Crippen LogP contribution in [0.15, 0.2) is 24.3 Å². The average Bonchev–Trinajstić information content (AvgIpc) is 3.01. The quantitative estimate of drug-likeness (QED) is 0.748. The van der Waals surface area contributed by atoms with Crippen molar-refractivity contribution in [1.29, 1.82) is 0 Å². The SMILES string of the molecule is CC1Cc2ccccc2N1C(=O)CN(C1CCS(=O)(=O)C1)S(C)(=O)=O. The van der Waals surface area contributed by atoms with Crippen LogP contribution in [-0.4, -0.2) is 63.4 Å². The first-order valence-corrected chi connectivity index (χ1v) is 11.8. The first kappa shape index (κ1) is 18.3. The molecule has 9 heteroatoms. The minimum absolute atomic E-state index is 0.0408. The van der Waals surface area contributed by atoms with E-state index in [1.54, 1.807) is 4.90 Å². The van der Waals surface area contributed by atoms with E-state index >= 15 is 0 Å². The third-order valence-electron chi connectivity index (χ3n) is 4.81. The summed E-state index contributed by atoms with van der Waals surface area (Å²) in [5, 5.41) is 0. The summed E-state index contributed by atoms with van der Waals surface area (Å²) >= 11 is 0. The molecule has 138 valence electrons. The number of hydrogen-bond donors (Lipinski definition) is 0. The van der Waals surface area contributed by atoms with Gasteiger partial charge in [-0.25, -0.2) is 16.8 Å². The highest BCUT2D eigenvalue weighted by molar-refractivity contribution is 7.92. The number of carbonyl (C=O) groups is 1. The van der Waals surface area contributed by atoms with Gasteiger partial charge >= 0.3 is 0 Å². The first-order chi connectivity index (χ1) is 11.6. The Morgan fingerprint density at radius 1 is 1.32 bits per heavy atom. The largest absolute Gasteiger partial charge is 0.308 e. The van der Waals surface area contributed by atoms with Gasteiger partial charge in [0.1, 0.15) is 0 Å². The molecule has 1 fully saturated rings. The fraction of sp³-hybridized carbons (Fsp3) is 0.562. The van der Waals surface area contributed by atoms with E-state index in [4.69, 9.17) is 0 Å². The minimum atomic E-state index is -3.70. The van der Waals surface area contributed by atoms with E-state index < -0.39 is 25.9 Å². The Morgan fingerprint density at radius 3 is 2.60 bits per heavy atom. The van der Waals surface area contributed by atoms with Crippen LogP contribution in [0.4, 0.5) is 5.69 Å². The lowest BCUT2D eigenvalue weighted by Crippen LogP contribution is -2.49. The van der Waals surface area contributed by atoms with Gasteiger partial charge in [0.05, 0.1) is 24.3 Å². The van der Waals surface area contributed by atoms with Crippen LogP contribution < -0.4 is 4.90 Å². The van der Waals surface area contributed by atoms with Crippen molar-refractivity contribution in [3.8, 4) is 0 Å². The molecule has 25 heavy (non-hydrogen) atoms. The van der Waals surface area contributed by atoms with Crippen LogP contribution in [0, 0.1) is 0 Å². The van der Waals surface area contributed by atoms with Crippen molar-refractivity contribution in [3.63, 3.8) is 0 Å². The zero-order chi connectivity index (χ0) is 18.4. The molecule has 0 aliphatic carbocycles. The predicted octanol–water partition coefficient (Wildman–Crippen LogP) is 0.413. The number of para-hydroxylation sites is 1. The number of benzene rings is 1. The molecule has 0 spiro atoms. The average molecular weight is 386 g/mol. The zero-order valence-electron chi connectivity index (χ0n) is 14.3. The van der Waals surface area contributed by atoms with E-state index in [0.717, 1.165) is 28.2 Å². The Balaban J connectivity index is 1.84. The molecule has 1 aromatic rings. The number of fused-ring (bicyclic) bond motifs is 1. The zero-order valence-corrected chi connectivity index (χ0v) is 15.9. The molecule has 0 radical (unpaired) electrons. The summed E-state index contributed by atoms with van der Waals surface area (Å²) < 4.78 is 48.8. The second kappa shape index (κ2) is 6.37. The second-order valence-electron chi connectivity index (χ2n) is 6.81. The highest BCUT2D eigenvalue weighted by atomic mass is 32.2. The monoisotopic (exact) mass is 386 g/mol. The summed E-state index contributed by atoms with van der Waals surface area (Å²) in [6, 6.07) is 6.83. The molecule has 0 aromatic heterocycles. The maximum absolute atomic E-state index is 12.9. The van der Waals surface area contributed by atoms with E-state index in [1.807, 2.05) is 31.2 Å². The van der Waals surface area contributed by atoms with Gasteiger partial charge in [0.15, 0.2) is 9.84 Å². The Morgan fingerprint density at radius 2 is 2.00 bits per heavy atom. The van der Waals surface area contributed by atoms with Crippen LogP contribution in [0.1, 0.15) is 18.9 Å². The molecule has 2 atom stereocenters. The highest BCUT2D eigenvalue weighted by Gasteiger charge is 2.39. The first-order valence-electron chi connectivity index (χ1n) is 8.16. The molecule has 0 N–H and O–H groups in total. The molecule has 1 saturated heterocycles. The van der Waals surface area contributed by atoms with Gasteiger partial charge in [-0.3, -0.25) is 4.79 Å². The Bertz CT molecular complexity index is 895. The molecule has 7 nitrogen and oxygen atoms in total. The molecular weight excluding hydrogens is 364 g/mol. The number of sulfone groups is 1. The molecule has 0 saturated carbocycles. The molecule has 3 rings (SSSR count). The van der Waals surface area contributed by atoms with Gasteiger partial charge in [-0.1, -0.05) is 18.2 Å². The van der Waals surface area contributed by atoms with E-state index in [2.05, 4.69) is 0 Å². The van der Waals surface area contributed by atoms with Crippen LogP contribution in [-0.2, 0) is 31.1 Å².